The summed E-state index contributed by atoms with van der Waals surface area (Å²) in [6.45, 7) is 0.358. The first-order chi connectivity index (χ1) is 7.99. The van der Waals surface area contributed by atoms with E-state index in [1.54, 1.807) is 0 Å². The Bertz CT molecular complexity index is 269. The minimum Gasteiger partial charge on any atom is -0.480 e. The molecule has 0 aliphatic carbocycles. The van der Waals surface area contributed by atoms with Crippen molar-refractivity contribution in [3.05, 3.63) is 0 Å². The number of aliphatic carboxylic acids is 2. The molecule has 7 nitrogen and oxygen atoms in total. The molecule has 17 heavy (non-hydrogen) atoms. The molecule has 0 amide bonds. The number of aldehydes is 1. The first kappa shape index (κ1) is 15.5. The Kier molecular flexibility index (Phi) is 7.91. The van der Waals surface area contributed by atoms with Gasteiger partial charge < -0.3 is 26.1 Å². The highest BCUT2D eigenvalue weighted by Gasteiger charge is 2.16. The van der Waals surface area contributed by atoms with Crippen molar-refractivity contribution in [2.45, 2.75) is 37.8 Å². The Morgan fingerprint density at radius 1 is 1.24 bits per heavy atom. The number of nitrogens with one attached hydrogen (secondary N) is 1. The molecule has 0 saturated carbocycles. The van der Waals surface area contributed by atoms with Crippen LogP contribution in [0.2, 0.25) is 0 Å². The van der Waals surface area contributed by atoms with E-state index in [0.29, 0.717) is 19.3 Å². The second-order valence-electron chi connectivity index (χ2n) is 3.68. The van der Waals surface area contributed by atoms with Gasteiger partial charge in [0.1, 0.15) is 18.4 Å². The van der Waals surface area contributed by atoms with E-state index < -0.39 is 24.0 Å². The van der Waals surface area contributed by atoms with Gasteiger partial charge in [-0.1, -0.05) is 0 Å². The van der Waals surface area contributed by atoms with Gasteiger partial charge in [0.05, 0.1) is 0 Å². The normalized spacial score (nSPS) is 13.9. The highest BCUT2D eigenvalue weighted by atomic mass is 16.4. The van der Waals surface area contributed by atoms with Gasteiger partial charge in [-0.25, -0.2) is 0 Å². The van der Waals surface area contributed by atoms with Crippen molar-refractivity contribution in [2.75, 3.05) is 6.54 Å². The fourth-order valence-corrected chi connectivity index (χ4v) is 1.27. The maximum atomic E-state index is 10.7. The number of carbonyl (C=O) groups is 3. The third-order valence-corrected chi connectivity index (χ3v) is 2.27. The van der Waals surface area contributed by atoms with Crippen molar-refractivity contribution in [1.82, 2.24) is 5.32 Å². The zero-order valence-electron chi connectivity index (χ0n) is 9.46. The van der Waals surface area contributed by atoms with Gasteiger partial charge in [0.25, 0.3) is 0 Å². The highest BCUT2D eigenvalue weighted by molar-refractivity contribution is 5.74. The van der Waals surface area contributed by atoms with Crippen molar-refractivity contribution in [3.63, 3.8) is 0 Å². The minimum absolute atomic E-state index is 0.179. The Hall–Kier alpha value is -1.47. The minimum atomic E-state index is -1.07. The first-order valence-corrected chi connectivity index (χ1v) is 5.37. The lowest BCUT2D eigenvalue weighted by Gasteiger charge is -2.13. The van der Waals surface area contributed by atoms with Crippen LogP contribution < -0.4 is 11.1 Å². The van der Waals surface area contributed by atoms with Crippen LogP contribution in [0.25, 0.3) is 0 Å². The topological polar surface area (TPSA) is 130 Å². The van der Waals surface area contributed by atoms with Gasteiger partial charge >= 0.3 is 11.9 Å². The summed E-state index contributed by atoms with van der Waals surface area (Å²) in [7, 11) is 0. The number of carboxylic acid groups (broad SMARTS) is 2. The molecule has 0 radical (unpaired) electrons. The third-order valence-electron chi connectivity index (χ3n) is 2.27. The average Bonchev–Trinajstić information content (AvgIpc) is 2.27. The van der Waals surface area contributed by atoms with E-state index in [2.05, 4.69) is 5.32 Å². The first-order valence-electron chi connectivity index (χ1n) is 5.37. The molecule has 0 heterocycles. The van der Waals surface area contributed by atoms with Gasteiger partial charge in [0.15, 0.2) is 0 Å². The van der Waals surface area contributed by atoms with Gasteiger partial charge in [-0.05, 0) is 25.8 Å². The largest absolute Gasteiger partial charge is 0.480 e. The molecule has 0 aliphatic rings. The molecule has 0 aromatic heterocycles. The number of carboxylic acids is 2. The van der Waals surface area contributed by atoms with Crippen LogP contribution >= 0.6 is 0 Å². The van der Waals surface area contributed by atoms with Crippen LogP contribution in [0.1, 0.15) is 25.7 Å². The second kappa shape index (κ2) is 8.66. The Morgan fingerprint density at radius 2 is 1.88 bits per heavy atom. The Balaban J connectivity index is 3.78. The smallest absolute Gasteiger partial charge is 0.320 e. The quantitative estimate of drug-likeness (QED) is 0.293. The van der Waals surface area contributed by atoms with Crippen molar-refractivity contribution in [2.24, 2.45) is 5.73 Å². The molecule has 0 bridgehead atoms. The van der Waals surface area contributed by atoms with Crippen LogP contribution in [-0.4, -0.2) is 47.1 Å². The van der Waals surface area contributed by atoms with Gasteiger partial charge in [-0.3, -0.25) is 9.59 Å². The van der Waals surface area contributed by atoms with Crippen LogP contribution in [0.15, 0.2) is 0 Å². The molecular weight excluding hydrogens is 228 g/mol. The molecule has 7 heteroatoms. The standard InChI is InChI=1S/C10H18N2O5/c11-7(9(14)15)3-1-5-12-8(10(16)17)4-2-6-13/h6-8,12H,1-5,11H2,(H,14,15)(H,16,17)/t7-,8+/m1/s1. The molecule has 0 fully saturated rings. The molecule has 0 rings (SSSR count). The maximum absolute atomic E-state index is 10.7. The molecule has 0 aliphatic heterocycles. The van der Waals surface area contributed by atoms with Crippen LogP contribution in [0.4, 0.5) is 0 Å². The number of rotatable bonds is 10. The molecule has 98 valence electrons. The lowest BCUT2D eigenvalue weighted by Crippen LogP contribution is -2.38. The monoisotopic (exact) mass is 246 g/mol. The fourth-order valence-electron chi connectivity index (χ4n) is 1.27. The fraction of sp³-hybridized carbons (Fsp3) is 0.700. The summed E-state index contributed by atoms with van der Waals surface area (Å²) in [6.07, 6.45) is 1.82. The summed E-state index contributed by atoms with van der Waals surface area (Å²) >= 11 is 0. The van der Waals surface area contributed by atoms with Crippen LogP contribution in [0, 0.1) is 0 Å². The van der Waals surface area contributed by atoms with E-state index in [-0.39, 0.29) is 19.3 Å². The van der Waals surface area contributed by atoms with Crippen molar-refractivity contribution < 1.29 is 24.6 Å². The summed E-state index contributed by atoms with van der Waals surface area (Å²) in [5.41, 5.74) is 5.28. The Labute approximate surface area is 99.0 Å². The van der Waals surface area contributed by atoms with Crippen molar-refractivity contribution in [1.29, 1.82) is 0 Å². The molecule has 0 aromatic rings. The lowest BCUT2D eigenvalue weighted by atomic mass is 10.1. The van der Waals surface area contributed by atoms with Gasteiger partial charge in [0.2, 0.25) is 0 Å². The number of carbonyl (C=O) groups excluding carboxylic acids is 1. The molecule has 0 spiro atoms. The zero-order valence-corrected chi connectivity index (χ0v) is 9.46. The van der Waals surface area contributed by atoms with Crippen LogP contribution in [0.3, 0.4) is 0 Å². The lowest BCUT2D eigenvalue weighted by molar-refractivity contribution is -0.140. The van der Waals surface area contributed by atoms with Gasteiger partial charge in [-0.2, -0.15) is 0 Å². The SMILES string of the molecule is N[C@H](CCCN[C@@H](CCC=O)C(=O)O)C(=O)O. The van der Waals surface area contributed by atoms with Crippen molar-refractivity contribution >= 4 is 18.2 Å². The zero-order chi connectivity index (χ0) is 13.3. The molecule has 2 atom stereocenters. The maximum Gasteiger partial charge on any atom is 0.320 e. The van der Waals surface area contributed by atoms with Crippen molar-refractivity contribution in [3.8, 4) is 0 Å². The summed E-state index contributed by atoms with van der Waals surface area (Å²) < 4.78 is 0. The van der Waals surface area contributed by atoms with Gasteiger partial charge in [-0.15, -0.1) is 0 Å². The number of hydrogen-bond donors (Lipinski definition) is 4. The third kappa shape index (κ3) is 7.42. The predicted molar refractivity (Wildman–Crippen MR) is 59.6 cm³/mol. The molecule has 0 aromatic carbocycles. The van der Waals surface area contributed by atoms with Crippen LogP contribution in [0.5, 0.6) is 0 Å². The molecule has 0 unspecified atom stereocenters. The van der Waals surface area contributed by atoms with E-state index in [0.717, 1.165) is 0 Å². The summed E-state index contributed by atoms with van der Waals surface area (Å²) in [6, 6.07) is -1.70. The summed E-state index contributed by atoms with van der Waals surface area (Å²) in [4.78, 5) is 31.3. The molecule has 5 N–H and O–H groups in total. The summed E-state index contributed by atoms with van der Waals surface area (Å²) in [5.74, 6) is -2.09. The number of hydrogen-bond acceptors (Lipinski definition) is 5. The Morgan fingerprint density at radius 3 is 2.35 bits per heavy atom. The molecular formula is C10H18N2O5. The average molecular weight is 246 g/mol. The number of nitrogens with two attached hydrogens (primary N) is 1. The van der Waals surface area contributed by atoms with E-state index in [1.165, 1.54) is 0 Å². The second-order valence-corrected chi connectivity index (χ2v) is 3.68. The van der Waals surface area contributed by atoms with E-state index in [1.807, 2.05) is 0 Å². The van der Waals surface area contributed by atoms with Crippen LogP contribution in [-0.2, 0) is 14.4 Å². The summed E-state index contributed by atoms with van der Waals surface area (Å²) in [5, 5.41) is 20.1. The highest BCUT2D eigenvalue weighted by Crippen LogP contribution is 1.98. The molecule has 0 saturated heterocycles. The van der Waals surface area contributed by atoms with E-state index in [4.69, 9.17) is 15.9 Å². The predicted octanol–water partition coefficient (Wildman–Crippen LogP) is -0.800. The van der Waals surface area contributed by atoms with Gasteiger partial charge in [0, 0.05) is 6.42 Å². The van der Waals surface area contributed by atoms with E-state index in [9.17, 15) is 14.4 Å². The van der Waals surface area contributed by atoms with E-state index >= 15 is 0 Å².